The van der Waals surface area contributed by atoms with Gasteiger partial charge in [0.25, 0.3) is 0 Å². The molecule has 2 aromatic carbocycles. The number of hydrogen-bond acceptors (Lipinski definition) is 8. The second kappa shape index (κ2) is 12.3. The molecular formula is C25H25F4NO7. The monoisotopic (exact) mass is 527 g/mol. The van der Waals surface area contributed by atoms with Crippen molar-refractivity contribution < 1.29 is 50.5 Å². The molecule has 1 heterocycles. The van der Waals surface area contributed by atoms with E-state index in [0.717, 1.165) is 0 Å². The molecule has 0 atom stereocenters. The quantitative estimate of drug-likeness (QED) is 0.195. The zero-order valence-electron chi connectivity index (χ0n) is 20.4. The summed E-state index contributed by atoms with van der Waals surface area (Å²) in [5, 5.41) is 0. The third-order valence-electron chi connectivity index (χ3n) is 4.43. The molecule has 200 valence electrons. The van der Waals surface area contributed by atoms with Crippen LogP contribution in [0.1, 0.15) is 43.7 Å². The molecule has 12 heteroatoms. The lowest BCUT2D eigenvalue weighted by Crippen LogP contribution is -2.11. The van der Waals surface area contributed by atoms with E-state index in [1.165, 1.54) is 42.7 Å². The first-order chi connectivity index (χ1) is 17.5. The van der Waals surface area contributed by atoms with Crippen LogP contribution in [0.3, 0.4) is 0 Å². The van der Waals surface area contributed by atoms with Gasteiger partial charge < -0.3 is 28.1 Å². The Hall–Kier alpha value is -3.96. The van der Waals surface area contributed by atoms with Crippen LogP contribution in [0.5, 0.6) is 23.0 Å². The minimum absolute atomic E-state index is 0.0350. The van der Waals surface area contributed by atoms with Crippen LogP contribution in [0.15, 0.2) is 47.1 Å². The fourth-order valence-electron chi connectivity index (χ4n) is 3.08. The molecule has 0 N–H and O–H groups in total. The molecule has 37 heavy (non-hydrogen) atoms. The summed E-state index contributed by atoms with van der Waals surface area (Å²) in [6.45, 7) is 0.494. The highest BCUT2D eigenvalue weighted by Gasteiger charge is 2.19. The first-order valence-electron chi connectivity index (χ1n) is 11.1. The normalized spacial score (nSPS) is 11.4. The average molecular weight is 527 g/mol. The standard InChI is InChI=1S/C25H25F4NO7/c1-13(2)34-20-9-15(5-7-18(20)36-24(26)27)22-30-17(11-32-22)12-33-23(31)16-6-8-19(37-25(28)29)21(10-16)35-14(3)4/h5-11,13-14,24-25H,12H2,1-4H3. The third-order valence-corrected chi connectivity index (χ3v) is 4.43. The molecule has 8 nitrogen and oxygen atoms in total. The fourth-order valence-corrected chi connectivity index (χ4v) is 3.08. The minimum Gasteiger partial charge on any atom is -0.487 e. The summed E-state index contributed by atoms with van der Waals surface area (Å²) in [6.07, 6.45) is 0.599. The van der Waals surface area contributed by atoms with Crippen LogP contribution in [-0.4, -0.2) is 36.4 Å². The van der Waals surface area contributed by atoms with Gasteiger partial charge in [0.15, 0.2) is 23.0 Å². The predicted octanol–water partition coefficient (Wildman–Crippen LogP) is 6.48. The molecule has 0 saturated heterocycles. The predicted molar refractivity (Wildman–Crippen MR) is 122 cm³/mol. The highest BCUT2D eigenvalue weighted by Crippen LogP contribution is 2.34. The van der Waals surface area contributed by atoms with E-state index in [2.05, 4.69) is 14.5 Å². The Morgan fingerprint density at radius 2 is 1.38 bits per heavy atom. The van der Waals surface area contributed by atoms with Crippen molar-refractivity contribution in [1.82, 2.24) is 4.98 Å². The van der Waals surface area contributed by atoms with Crippen LogP contribution in [0.4, 0.5) is 17.6 Å². The molecule has 0 aliphatic rings. The molecule has 0 amide bonds. The van der Waals surface area contributed by atoms with Crippen LogP contribution >= 0.6 is 0 Å². The van der Waals surface area contributed by atoms with Gasteiger partial charge in [-0.25, -0.2) is 9.78 Å². The Labute approximate surface area is 210 Å². The number of esters is 1. The number of carbonyl (C=O) groups is 1. The van der Waals surface area contributed by atoms with Gasteiger partial charge in [0.1, 0.15) is 18.6 Å². The summed E-state index contributed by atoms with van der Waals surface area (Å²) in [7, 11) is 0. The van der Waals surface area contributed by atoms with Crippen LogP contribution in [0.2, 0.25) is 0 Å². The summed E-state index contributed by atoms with van der Waals surface area (Å²) >= 11 is 0. The minimum atomic E-state index is -3.06. The van der Waals surface area contributed by atoms with E-state index in [4.69, 9.17) is 18.6 Å². The molecule has 0 spiro atoms. The van der Waals surface area contributed by atoms with E-state index in [0.29, 0.717) is 5.56 Å². The van der Waals surface area contributed by atoms with Gasteiger partial charge in [-0.1, -0.05) is 0 Å². The molecule has 3 rings (SSSR count). The van der Waals surface area contributed by atoms with Crippen molar-refractivity contribution in [3.8, 4) is 34.5 Å². The topological polar surface area (TPSA) is 89.3 Å². The summed E-state index contributed by atoms with van der Waals surface area (Å²) in [4.78, 5) is 16.8. The third kappa shape index (κ3) is 8.02. The zero-order valence-corrected chi connectivity index (χ0v) is 20.4. The number of hydrogen-bond donors (Lipinski definition) is 0. The van der Waals surface area contributed by atoms with E-state index < -0.39 is 19.2 Å². The van der Waals surface area contributed by atoms with Gasteiger partial charge in [-0.2, -0.15) is 17.6 Å². The van der Waals surface area contributed by atoms with E-state index >= 15 is 0 Å². The first kappa shape index (κ1) is 27.6. The van der Waals surface area contributed by atoms with Gasteiger partial charge in [-0.15, -0.1) is 0 Å². The first-order valence-corrected chi connectivity index (χ1v) is 11.1. The number of benzene rings is 2. The van der Waals surface area contributed by atoms with Gasteiger partial charge in [0.2, 0.25) is 5.89 Å². The fraction of sp³-hybridized carbons (Fsp3) is 0.360. The smallest absolute Gasteiger partial charge is 0.387 e. The Balaban J connectivity index is 1.71. The molecule has 3 aromatic rings. The molecule has 0 bridgehead atoms. The Morgan fingerprint density at radius 1 is 0.811 bits per heavy atom. The maximum Gasteiger partial charge on any atom is 0.387 e. The Morgan fingerprint density at radius 3 is 1.95 bits per heavy atom. The molecule has 0 saturated carbocycles. The lowest BCUT2D eigenvalue weighted by atomic mass is 10.2. The average Bonchev–Trinajstić information content (AvgIpc) is 3.27. The van der Waals surface area contributed by atoms with Gasteiger partial charge in [-0.3, -0.25) is 0 Å². The number of halogens is 4. The highest BCUT2D eigenvalue weighted by molar-refractivity contribution is 5.90. The Bertz CT molecular complexity index is 1200. The van der Waals surface area contributed by atoms with Crippen molar-refractivity contribution in [2.75, 3.05) is 0 Å². The van der Waals surface area contributed by atoms with E-state index in [9.17, 15) is 22.4 Å². The van der Waals surface area contributed by atoms with E-state index in [-0.39, 0.29) is 59.0 Å². The van der Waals surface area contributed by atoms with Crippen molar-refractivity contribution in [1.29, 1.82) is 0 Å². The zero-order chi connectivity index (χ0) is 27.1. The molecule has 0 aliphatic carbocycles. The Kier molecular flexibility index (Phi) is 9.20. The van der Waals surface area contributed by atoms with Crippen molar-refractivity contribution in [3.63, 3.8) is 0 Å². The van der Waals surface area contributed by atoms with Crippen molar-refractivity contribution in [2.45, 2.75) is 59.7 Å². The maximum atomic E-state index is 12.7. The van der Waals surface area contributed by atoms with Gasteiger partial charge in [-0.05, 0) is 64.1 Å². The molecule has 0 fully saturated rings. The van der Waals surface area contributed by atoms with Crippen molar-refractivity contribution >= 4 is 5.97 Å². The van der Waals surface area contributed by atoms with Gasteiger partial charge >= 0.3 is 19.2 Å². The number of rotatable bonds is 12. The lowest BCUT2D eigenvalue weighted by Gasteiger charge is -2.15. The highest BCUT2D eigenvalue weighted by atomic mass is 19.3. The maximum absolute atomic E-state index is 12.7. The summed E-state index contributed by atoms with van der Waals surface area (Å²) in [6, 6.07) is 7.91. The van der Waals surface area contributed by atoms with Crippen molar-refractivity contribution in [3.05, 3.63) is 53.9 Å². The van der Waals surface area contributed by atoms with Gasteiger partial charge in [0.05, 0.1) is 17.8 Å². The summed E-state index contributed by atoms with van der Waals surface area (Å²) in [5.41, 5.74) is 0.727. The molecule has 1 aromatic heterocycles. The molecular weight excluding hydrogens is 502 g/mol. The number of aromatic nitrogens is 1. The summed E-state index contributed by atoms with van der Waals surface area (Å²) < 4.78 is 81.3. The second-order valence-electron chi connectivity index (χ2n) is 8.13. The SMILES string of the molecule is CC(C)Oc1cc(C(=O)OCc2coc(-c3ccc(OC(F)F)c(OC(C)C)c3)n2)ccc1OC(F)F. The summed E-state index contributed by atoms with van der Waals surface area (Å²) in [5.74, 6) is -0.941. The lowest BCUT2D eigenvalue weighted by molar-refractivity contribution is -0.0524. The molecule has 0 aliphatic heterocycles. The number of alkyl halides is 4. The molecule has 0 unspecified atom stereocenters. The van der Waals surface area contributed by atoms with E-state index in [1.54, 1.807) is 27.7 Å². The van der Waals surface area contributed by atoms with Crippen LogP contribution in [0, 0.1) is 0 Å². The molecule has 0 radical (unpaired) electrons. The number of nitrogens with zero attached hydrogens (tertiary/aromatic N) is 1. The van der Waals surface area contributed by atoms with Crippen molar-refractivity contribution in [2.24, 2.45) is 0 Å². The van der Waals surface area contributed by atoms with Crippen LogP contribution < -0.4 is 18.9 Å². The number of oxazole rings is 1. The number of carbonyl (C=O) groups excluding carboxylic acids is 1. The largest absolute Gasteiger partial charge is 0.487 e. The van der Waals surface area contributed by atoms with Gasteiger partial charge in [0, 0.05) is 5.56 Å². The second-order valence-corrected chi connectivity index (χ2v) is 8.13. The number of ether oxygens (including phenoxy) is 5. The van der Waals surface area contributed by atoms with E-state index in [1.807, 2.05) is 0 Å². The van der Waals surface area contributed by atoms with Crippen LogP contribution in [0.25, 0.3) is 11.5 Å². The van der Waals surface area contributed by atoms with Crippen LogP contribution in [-0.2, 0) is 11.3 Å².